The summed E-state index contributed by atoms with van der Waals surface area (Å²) in [6.45, 7) is 0. The van der Waals surface area contributed by atoms with Crippen LogP contribution in [0.2, 0.25) is 0 Å². The van der Waals surface area contributed by atoms with Crippen LogP contribution in [-0.2, 0) is 0 Å². The minimum atomic E-state index is -0.417. The van der Waals surface area contributed by atoms with Crippen molar-refractivity contribution in [2.45, 2.75) is 0 Å². The molecule has 0 saturated carbocycles. The number of rotatable bonds is 6. The number of halogens is 1. The van der Waals surface area contributed by atoms with Gasteiger partial charge in [0.25, 0.3) is 11.8 Å². The largest absolute Gasteiger partial charge is 0.497 e. The monoisotopic (exact) mass is 444 g/mol. The van der Waals surface area contributed by atoms with Crippen LogP contribution in [0.15, 0.2) is 63.7 Å². The maximum atomic E-state index is 12.6. The van der Waals surface area contributed by atoms with Crippen molar-refractivity contribution >= 4 is 39.1 Å². The number of benzene rings is 2. The number of hydrogen-bond acceptors (Lipinski definition) is 5. The van der Waals surface area contributed by atoms with Gasteiger partial charge < -0.3 is 24.5 Å². The number of carbonyl (C=O) groups excluding carboxylic acids is 2. The van der Waals surface area contributed by atoms with Crippen LogP contribution in [-0.4, -0.2) is 26.0 Å². The van der Waals surface area contributed by atoms with Crippen molar-refractivity contribution in [1.29, 1.82) is 0 Å². The highest BCUT2D eigenvalue weighted by Crippen LogP contribution is 2.29. The molecule has 2 N–H and O–H groups in total. The first-order chi connectivity index (χ1) is 13.5. The Morgan fingerprint density at radius 1 is 0.929 bits per heavy atom. The fourth-order valence-electron chi connectivity index (χ4n) is 2.46. The van der Waals surface area contributed by atoms with Crippen LogP contribution in [0.3, 0.4) is 0 Å². The smallest absolute Gasteiger partial charge is 0.291 e. The molecule has 0 spiro atoms. The molecule has 3 aromatic rings. The molecule has 0 unspecified atom stereocenters. The quantitative estimate of drug-likeness (QED) is 0.581. The molecule has 0 atom stereocenters. The van der Waals surface area contributed by atoms with E-state index in [1.54, 1.807) is 61.7 Å². The van der Waals surface area contributed by atoms with Gasteiger partial charge >= 0.3 is 0 Å². The first kappa shape index (κ1) is 19.5. The molecular weight excluding hydrogens is 428 g/mol. The van der Waals surface area contributed by atoms with E-state index < -0.39 is 5.91 Å². The second-order valence-corrected chi connectivity index (χ2v) is 6.44. The van der Waals surface area contributed by atoms with Crippen LogP contribution in [0.4, 0.5) is 11.4 Å². The number of hydrogen-bond donors (Lipinski definition) is 2. The molecular formula is C20H17BrN2O5. The van der Waals surface area contributed by atoms with Crippen LogP contribution in [0.1, 0.15) is 20.9 Å². The van der Waals surface area contributed by atoms with Gasteiger partial charge in [-0.2, -0.15) is 0 Å². The highest BCUT2D eigenvalue weighted by molar-refractivity contribution is 9.10. The van der Waals surface area contributed by atoms with E-state index in [9.17, 15) is 9.59 Å². The predicted octanol–water partition coefficient (Wildman–Crippen LogP) is 4.56. The average molecular weight is 445 g/mol. The molecule has 7 nitrogen and oxygen atoms in total. The summed E-state index contributed by atoms with van der Waals surface area (Å²) in [5.41, 5.74) is 1.34. The van der Waals surface area contributed by atoms with Crippen molar-refractivity contribution in [2.75, 3.05) is 24.9 Å². The van der Waals surface area contributed by atoms with Gasteiger partial charge in [-0.1, -0.05) is 6.07 Å². The van der Waals surface area contributed by atoms with E-state index in [4.69, 9.17) is 13.9 Å². The third kappa shape index (κ3) is 4.52. The van der Waals surface area contributed by atoms with Crippen LogP contribution in [0, 0.1) is 0 Å². The van der Waals surface area contributed by atoms with Gasteiger partial charge in [-0.15, -0.1) is 0 Å². The summed E-state index contributed by atoms with van der Waals surface area (Å²) in [5.74, 6) is 0.481. The van der Waals surface area contributed by atoms with Gasteiger partial charge in [0.2, 0.25) is 0 Å². The number of ether oxygens (including phenoxy) is 2. The number of nitrogens with one attached hydrogen (secondary N) is 2. The summed E-state index contributed by atoms with van der Waals surface area (Å²) in [7, 11) is 3.06. The maximum absolute atomic E-state index is 12.6. The Labute approximate surface area is 169 Å². The van der Waals surface area contributed by atoms with Gasteiger partial charge in [0.15, 0.2) is 10.4 Å². The Kier molecular flexibility index (Phi) is 6.00. The van der Waals surface area contributed by atoms with Crippen molar-refractivity contribution in [3.63, 3.8) is 0 Å². The van der Waals surface area contributed by atoms with Crippen molar-refractivity contribution < 1.29 is 23.5 Å². The molecule has 0 aliphatic carbocycles. The molecule has 144 valence electrons. The van der Waals surface area contributed by atoms with Gasteiger partial charge in [-0.25, -0.2) is 0 Å². The lowest BCUT2D eigenvalue weighted by molar-refractivity contribution is 0.0992. The van der Waals surface area contributed by atoms with E-state index in [1.807, 2.05) is 0 Å². The van der Waals surface area contributed by atoms with E-state index >= 15 is 0 Å². The zero-order chi connectivity index (χ0) is 20.1. The maximum Gasteiger partial charge on any atom is 0.291 e. The normalized spacial score (nSPS) is 10.2. The first-order valence-corrected chi connectivity index (χ1v) is 8.99. The molecule has 28 heavy (non-hydrogen) atoms. The molecule has 0 fully saturated rings. The Hall–Kier alpha value is -3.26. The minimum absolute atomic E-state index is 0.157. The molecule has 1 aromatic heterocycles. The lowest BCUT2D eigenvalue weighted by Crippen LogP contribution is -2.14. The molecule has 0 bridgehead atoms. The first-order valence-electron chi connectivity index (χ1n) is 8.20. The molecule has 8 heteroatoms. The zero-order valence-electron chi connectivity index (χ0n) is 15.1. The molecule has 3 rings (SSSR count). The van der Waals surface area contributed by atoms with E-state index in [0.29, 0.717) is 33.1 Å². The fraction of sp³-hybridized carbons (Fsp3) is 0.100. The summed E-state index contributed by atoms with van der Waals surface area (Å²) in [6.07, 6.45) is 0. The molecule has 0 radical (unpaired) electrons. The Bertz CT molecular complexity index is 1020. The Morgan fingerprint density at radius 2 is 1.75 bits per heavy atom. The highest BCUT2D eigenvalue weighted by atomic mass is 79.9. The molecule has 0 aliphatic rings. The SMILES string of the molecule is COc1ccc(NC(=O)c2cccc(NC(=O)c3ccc(Br)o3)c2)c(OC)c1. The highest BCUT2D eigenvalue weighted by Gasteiger charge is 2.14. The second kappa shape index (κ2) is 8.62. The standard InChI is InChI=1S/C20H17BrN2O5/c1-26-14-6-7-15(17(11-14)27-2)23-19(24)12-4-3-5-13(10-12)22-20(25)16-8-9-18(21)28-16/h3-11H,1-2H3,(H,22,25)(H,23,24). The van der Waals surface area contributed by atoms with E-state index in [1.165, 1.54) is 7.11 Å². The molecule has 2 amide bonds. The van der Waals surface area contributed by atoms with Crippen molar-refractivity contribution in [1.82, 2.24) is 0 Å². The van der Waals surface area contributed by atoms with Crippen LogP contribution >= 0.6 is 15.9 Å². The summed E-state index contributed by atoms with van der Waals surface area (Å²) in [5, 5.41) is 5.48. The summed E-state index contributed by atoms with van der Waals surface area (Å²) < 4.78 is 16.1. The van der Waals surface area contributed by atoms with Crippen LogP contribution in [0.25, 0.3) is 0 Å². The zero-order valence-corrected chi connectivity index (χ0v) is 16.7. The molecule has 0 saturated heterocycles. The summed E-state index contributed by atoms with van der Waals surface area (Å²) >= 11 is 3.15. The van der Waals surface area contributed by atoms with Gasteiger partial charge in [-0.3, -0.25) is 9.59 Å². The van der Waals surface area contributed by atoms with Gasteiger partial charge in [-0.05, 0) is 58.4 Å². The van der Waals surface area contributed by atoms with Crippen LogP contribution in [0.5, 0.6) is 11.5 Å². The molecule has 1 heterocycles. The predicted molar refractivity (Wildman–Crippen MR) is 108 cm³/mol. The van der Waals surface area contributed by atoms with E-state index in [0.717, 1.165) is 0 Å². The fourth-order valence-corrected chi connectivity index (χ4v) is 2.77. The third-order valence-electron chi connectivity index (χ3n) is 3.84. The Morgan fingerprint density at radius 3 is 2.43 bits per heavy atom. The lowest BCUT2D eigenvalue weighted by Gasteiger charge is -2.12. The second-order valence-electron chi connectivity index (χ2n) is 5.66. The number of furan rings is 1. The summed E-state index contributed by atoms with van der Waals surface area (Å²) in [6, 6.07) is 14.8. The molecule has 0 aliphatic heterocycles. The lowest BCUT2D eigenvalue weighted by atomic mass is 10.1. The number of carbonyl (C=O) groups is 2. The van der Waals surface area contributed by atoms with E-state index in [2.05, 4.69) is 26.6 Å². The van der Waals surface area contributed by atoms with Crippen molar-refractivity contribution in [3.8, 4) is 11.5 Å². The molecule has 2 aromatic carbocycles. The topological polar surface area (TPSA) is 89.8 Å². The summed E-state index contributed by atoms with van der Waals surface area (Å²) in [4.78, 5) is 24.8. The van der Waals surface area contributed by atoms with Crippen molar-refractivity contribution in [3.05, 3.63) is 70.6 Å². The average Bonchev–Trinajstić information content (AvgIpc) is 3.15. The van der Waals surface area contributed by atoms with Gasteiger partial charge in [0, 0.05) is 17.3 Å². The minimum Gasteiger partial charge on any atom is -0.497 e. The number of anilines is 2. The Balaban J connectivity index is 1.74. The van der Waals surface area contributed by atoms with Gasteiger partial charge in [0.1, 0.15) is 11.5 Å². The third-order valence-corrected chi connectivity index (χ3v) is 4.26. The van der Waals surface area contributed by atoms with E-state index in [-0.39, 0.29) is 11.7 Å². The van der Waals surface area contributed by atoms with Crippen LogP contribution < -0.4 is 20.1 Å². The van der Waals surface area contributed by atoms with Gasteiger partial charge in [0.05, 0.1) is 19.9 Å². The number of methoxy groups -OCH3 is 2. The van der Waals surface area contributed by atoms with Crippen molar-refractivity contribution in [2.24, 2.45) is 0 Å². The number of amides is 2.